The Morgan fingerprint density at radius 3 is 1.80 bits per heavy atom. The third-order valence-corrected chi connectivity index (χ3v) is 4.58. The number of rotatable bonds is 6. The van der Waals surface area contributed by atoms with Crippen molar-refractivity contribution in [3.63, 3.8) is 0 Å². The molecule has 0 fully saturated rings. The molecular weight excluding hydrogens is 384 g/mol. The van der Waals surface area contributed by atoms with Crippen molar-refractivity contribution >= 4 is 23.3 Å². The van der Waals surface area contributed by atoms with Crippen molar-refractivity contribution in [2.75, 3.05) is 14.2 Å². The van der Waals surface area contributed by atoms with Crippen LogP contribution in [0.1, 0.15) is 43.6 Å². The molecule has 6 heteroatoms. The normalized spacial score (nSPS) is 11.1. The van der Waals surface area contributed by atoms with Crippen LogP contribution in [0.5, 0.6) is 0 Å². The molecule has 3 aromatic rings. The van der Waals surface area contributed by atoms with E-state index in [1.54, 1.807) is 54.8 Å². The van der Waals surface area contributed by atoms with Gasteiger partial charge in [0.05, 0.1) is 31.6 Å². The zero-order chi connectivity index (χ0) is 21.7. The van der Waals surface area contributed by atoms with Gasteiger partial charge in [-0.25, -0.2) is 9.59 Å². The third kappa shape index (κ3) is 4.55. The van der Waals surface area contributed by atoms with Gasteiger partial charge >= 0.3 is 11.9 Å². The second-order valence-electron chi connectivity index (χ2n) is 6.53. The van der Waals surface area contributed by atoms with E-state index in [1.807, 2.05) is 13.0 Å². The molecule has 0 radical (unpaired) electrons. The molecule has 2 aromatic carbocycles. The van der Waals surface area contributed by atoms with Crippen LogP contribution in [0.15, 0.2) is 71.4 Å². The number of methoxy groups -OCH3 is 2. The molecule has 6 nitrogen and oxygen atoms in total. The highest BCUT2D eigenvalue weighted by atomic mass is 16.5. The van der Waals surface area contributed by atoms with E-state index < -0.39 is 11.9 Å². The lowest BCUT2D eigenvalue weighted by Crippen LogP contribution is -2.02. The number of ketones is 1. The smallest absolute Gasteiger partial charge is 0.337 e. The van der Waals surface area contributed by atoms with Crippen LogP contribution < -0.4 is 0 Å². The number of hydrogen-bond donors (Lipinski definition) is 0. The monoisotopic (exact) mass is 404 g/mol. The van der Waals surface area contributed by atoms with Gasteiger partial charge in [0.25, 0.3) is 0 Å². The first-order valence-electron chi connectivity index (χ1n) is 9.11. The van der Waals surface area contributed by atoms with Gasteiger partial charge in [-0.15, -0.1) is 0 Å². The minimum Gasteiger partial charge on any atom is -0.465 e. The minimum absolute atomic E-state index is 0.186. The lowest BCUT2D eigenvalue weighted by Gasteiger charge is -2.01. The van der Waals surface area contributed by atoms with Gasteiger partial charge in [0, 0.05) is 16.7 Å². The van der Waals surface area contributed by atoms with Gasteiger partial charge in [-0.05, 0) is 48.9 Å². The predicted molar refractivity (Wildman–Crippen MR) is 111 cm³/mol. The molecule has 0 N–H and O–H groups in total. The molecule has 0 unspecified atom stereocenters. The molecule has 0 aliphatic heterocycles. The van der Waals surface area contributed by atoms with Crippen LogP contribution in [0.3, 0.4) is 0 Å². The Kier molecular flexibility index (Phi) is 6.27. The van der Waals surface area contributed by atoms with E-state index in [9.17, 15) is 14.4 Å². The van der Waals surface area contributed by atoms with Crippen LogP contribution in [-0.2, 0) is 9.47 Å². The Labute approximate surface area is 173 Å². The fourth-order valence-corrected chi connectivity index (χ4v) is 2.83. The van der Waals surface area contributed by atoms with Crippen molar-refractivity contribution in [1.29, 1.82) is 0 Å². The molecule has 0 saturated carbocycles. The van der Waals surface area contributed by atoms with Gasteiger partial charge in [0.15, 0.2) is 5.78 Å². The molecule has 30 heavy (non-hydrogen) atoms. The van der Waals surface area contributed by atoms with E-state index in [4.69, 9.17) is 9.15 Å². The standard InChI is InChI=1S/C24H20O6/c1-15(12-21(25)16-4-8-18(9-5-16)23(26)28-2)20-13-22(30-14-20)17-6-10-19(11-7-17)24(27)29-3/h4-14H,1-3H3/b15-12+. The molecule has 0 aliphatic carbocycles. The van der Waals surface area contributed by atoms with Crippen LogP contribution in [-0.4, -0.2) is 31.9 Å². The molecule has 0 amide bonds. The number of esters is 2. The molecule has 152 valence electrons. The zero-order valence-electron chi connectivity index (χ0n) is 16.8. The van der Waals surface area contributed by atoms with Crippen molar-refractivity contribution in [3.8, 4) is 11.3 Å². The van der Waals surface area contributed by atoms with Crippen LogP contribution in [0, 0.1) is 0 Å². The first-order chi connectivity index (χ1) is 14.4. The first-order valence-corrected chi connectivity index (χ1v) is 9.11. The second-order valence-corrected chi connectivity index (χ2v) is 6.53. The summed E-state index contributed by atoms with van der Waals surface area (Å²) in [5, 5.41) is 0. The van der Waals surface area contributed by atoms with Gasteiger partial charge in [0.2, 0.25) is 0 Å². The summed E-state index contributed by atoms with van der Waals surface area (Å²) in [7, 11) is 2.64. The quantitative estimate of drug-likeness (QED) is 0.333. The summed E-state index contributed by atoms with van der Waals surface area (Å²) >= 11 is 0. The number of hydrogen-bond acceptors (Lipinski definition) is 6. The van der Waals surface area contributed by atoms with Gasteiger partial charge in [-0.2, -0.15) is 0 Å². The Balaban J connectivity index is 1.76. The van der Waals surface area contributed by atoms with Gasteiger partial charge in [0.1, 0.15) is 5.76 Å². The number of carbonyl (C=O) groups is 3. The van der Waals surface area contributed by atoms with Crippen molar-refractivity contribution in [3.05, 3.63) is 89.2 Å². The van der Waals surface area contributed by atoms with Crippen LogP contribution in [0.4, 0.5) is 0 Å². The van der Waals surface area contributed by atoms with E-state index in [0.29, 0.717) is 22.5 Å². The number of allylic oxidation sites excluding steroid dienone is 2. The van der Waals surface area contributed by atoms with Crippen molar-refractivity contribution in [1.82, 2.24) is 0 Å². The van der Waals surface area contributed by atoms with Gasteiger partial charge in [-0.3, -0.25) is 4.79 Å². The second kappa shape index (κ2) is 9.05. The van der Waals surface area contributed by atoms with Crippen LogP contribution >= 0.6 is 0 Å². The summed E-state index contributed by atoms with van der Waals surface area (Å²) < 4.78 is 15.0. The Hall–Kier alpha value is -3.93. The maximum Gasteiger partial charge on any atom is 0.337 e. The minimum atomic E-state index is -0.453. The predicted octanol–water partition coefficient (Wildman–Crippen LogP) is 4.81. The number of benzene rings is 2. The molecule has 0 saturated heterocycles. The van der Waals surface area contributed by atoms with Gasteiger partial charge < -0.3 is 13.9 Å². The fraction of sp³-hybridized carbons (Fsp3) is 0.125. The first kappa shape index (κ1) is 20.8. The summed E-state index contributed by atoms with van der Waals surface area (Å²) in [6, 6.07) is 15.0. The van der Waals surface area contributed by atoms with Crippen LogP contribution in [0.2, 0.25) is 0 Å². The molecular formula is C24H20O6. The summed E-state index contributed by atoms with van der Waals surface area (Å²) in [4.78, 5) is 35.5. The largest absolute Gasteiger partial charge is 0.465 e. The summed E-state index contributed by atoms with van der Waals surface area (Å²) in [5.41, 5.74) is 3.59. The molecule has 0 aliphatic rings. The number of furan rings is 1. The molecule has 0 atom stereocenters. The zero-order valence-corrected chi connectivity index (χ0v) is 16.8. The summed E-state index contributed by atoms with van der Waals surface area (Å²) in [6.45, 7) is 1.82. The Morgan fingerprint density at radius 2 is 1.27 bits per heavy atom. The molecule has 0 bridgehead atoms. The molecule has 1 heterocycles. The van der Waals surface area contributed by atoms with Crippen molar-refractivity contribution in [2.24, 2.45) is 0 Å². The highest BCUT2D eigenvalue weighted by molar-refractivity contribution is 6.08. The van der Waals surface area contributed by atoms with E-state index in [2.05, 4.69) is 4.74 Å². The third-order valence-electron chi connectivity index (χ3n) is 4.58. The maximum atomic E-state index is 12.5. The van der Waals surface area contributed by atoms with Gasteiger partial charge in [-0.1, -0.05) is 24.3 Å². The lowest BCUT2D eigenvalue weighted by atomic mass is 10.0. The van der Waals surface area contributed by atoms with E-state index in [-0.39, 0.29) is 5.78 Å². The SMILES string of the molecule is COC(=O)c1ccc(C(=O)/C=C(\C)c2coc(-c3ccc(C(=O)OC)cc3)c2)cc1. The summed E-state index contributed by atoms with van der Waals surface area (Å²) in [6.07, 6.45) is 3.09. The van der Waals surface area contributed by atoms with Crippen LogP contribution in [0.25, 0.3) is 16.9 Å². The van der Waals surface area contributed by atoms with Crippen molar-refractivity contribution in [2.45, 2.75) is 6.92 Å². The molecule has 3 rings (SSSR count). The summed E-state index contributed by atoms with van der Waals surface area (Å²) in [5.74, 6) is -0.428. The average molecular weight is 404 g/mol. The maximum absolute atomic E-state index is 12.5. The van der Waals surface area contributed by atoms with E-state index >= 15 is 0 Å². The highest BCUT2D eigenvalue weighted by Gasteiger charge is 2.11. The topological polar surface area (TPSA) is 82.8 Å². The van der Waals surface area contributed by atoms with E-state index in [1.165, 1.54) is 20.3 Å². The Morgan fingerprint density at radius 1 is 0.767 bits per heavy atom. The molecule has 1 aromatic heterocycles. The Bertz CT molecular complexity index is 1100. The fourth-order valence-electron chi connectivity index (χ4n) is 2.83. The lowest BCUT2D eigenvalue weighted by molar-refractivity contribution is 0.0592. The number of carbonyl (C=O) groups excluding carboxylic acids is 3. The van der Waals surface area contributed by atoms with E-state index in [0.717, 1.165) is 16.7 Å². The average Bonchev–Trinajstić information content (AvgIpc) is 3.28. The number of ether oxygens (including phenoxy) is 2. The highest BCUT2D eigenvalue weighted by Crippen LogP contribution is 2.26. The van der Waals surface area contributed by atoms with Crippen molar-refractivity contribution < 1.29 is 28.3 Å². The molecule has 0 spiro atoms.